The van der Waals surface area contributed by atoms with Crippen LogP contribution in [0.1, 0.15) is 32.3 Å². The highest BCUT2D eigenvalue weighted by molar-refractivity contribution is 7.92. The summed E-state index contributed by atoms with van der Waals surface area (Å²) in [6.07, 6.45) is 3.75. The first-order valence-electron chi connectivity index (χ1n) is 11.0. The van der Waals surface area contributed by atoms with Gasteiger partial charge >= 0.3 is 0 Å². The molecule has 1 atom stereocenters. The van der Waals surface area contributed by atoms with Gasteiger partial charge in [0.1, 0.15) is 0 Å². The van der Waals surface area contributed by atoms with Gasteiger partial charge in [0, 0.05) is 25.9 Å². The molecule has 7 nitrogen and oxygen atoms in total. The fourth-order valence-electron chi connectivity index (χ4n) is 4.94. The number of hydrogen-bond donors (Lipinski definition) is 0. The first kappa shape index (κ1) is 21.0. The third-order valence-corrected chi connectivity index (χ3v) is 7.79. The summed E-state index contributed by atoms with van der Waals surface area (Å²) in [5, 5.41) is 0. The van der Waals surface area contributed by atoms with Gasteiger partial charge in [0.2, 0.25) is 21.8 Å². The fraction of sp³-hybridized carbons (Fsp3) is 0.417. The Labute approximate surface area is 188 Å². The van der Waals surface area contributed by atoms with Crippen molar-refractivity contribution in [2.75, 3.05) is 33.5 Å². The Morgan fingerprint density at radius 1 is 0.969 bits per heavy atom. The second kappa shape index (κ2) is 7.33. The summed E-state index contributed by atoms with van der Waals surface area (Å²) in [5.74, 6) is 0.184. The number of rotatable bonds is 3. The van der Waals surface area contributed by atoms with Gasteiger partial charge < -0.3 is 9.80 Å². The number of amides is 2. The third-order valence-electron chi connectivity index (χ3n) is 6.61. The highest BCUT2D eigenvalue weighted by Crippen LogP contribution is 2.42. The maximum absolute atomic E-state index is 13.0. The normalized spacial score (nSPS) is 20.2. The van der Waals surface area contributed by atoms with Crippen molar-refractivity contribution in [3.8, 4) is 11.1 Å². The molecule has 0 radical (unpaired) electrons. The molecule has 0 N–H and O–H groups in total. The van der Waals surface area contributed by atoms with Crippen LogP contribution in [0.25, 0.3) is 11.1 Å². The number of anilines is 3. The number of carbonyl (C=O) groups is 2. The van der Waals surface area contributed by atoms with Crippen molar-refractivity contribution in [3.63, 3.8) is 0 Å². The SMILES string of the molecule is CC(=O)N1c2ccc(-c3ccc4c(c3)CCN4S(C)(=O)=O)cc2N(C(=O)C2CC2)CC1C. The average molecular weight is 454 g/mol. The van der Waals surface area contributed by atoms with E-state index in [1.165, 1.54) is 10.6 Å². The average Bonchev–Trinajstić information content (AvgIpc) is 3.49. The predicted molar refractivity (Wildman–Crippen MR) is 125 cm³/mol. The largest absolute Gasteiger partial charge is 0.308 e. The topological polar surface area (TPSA) is 78.0 Å². The standard InChI is InChI=1S/C24H27N3O4S/c1-15-14-25(24(29)17-4-5-17)23-13-19(7-9-22(23)27(15)16(2)28)18-6-8-21-20(12-18)10-11-26(21)32(3,30)31/h6-9,12-13,15,17H,4-5,10-11,14H2,1-3H3. The van der Waals surface area contributed by atoms with Crippen LogP contribution < -0.4 is 14.1 Å². The molecule has 8 heteroatoms. The van der Waals surface area contributed by atoms with Crippen LogP contribution in [-0.4, -0.2) is 45.6 Å². The van der Waals surface area contributed by atoms with Crippen molar-refractivity contribution in [1.29, 1.82) is 0 Å². The Morgan fingerprint density at radius 2 is 1.62 bits per heavy atom. The van der Waals surface area contributed by atoms with Crippen LogP contribution in [0, 0.1) is 5.92 Å². The highest BCUT2D eigenvalue weighted by Gasteiger charge is 2.39. The van der Waals surface area contributed by atoms with E-state index in [-0.39, 0.29) is 23.8 Å². The molecule has 1 fully saturated rings. The van der Waals surface area contributed by atoms with Crippen molar-refractivity contribution >= 4 is 38.9 Å². The lowest BCUT2D eigenvalue weighted by Crippen LogP contribution is -2.51. The fourth-order valence-corrected chi connectivity index (χ4v) is 5.90. The molecule has 2 aliphatic heterocycles. The summed E-state index contributed by atoms with van der Waals surface area (Å²) in [7, 11) is -3.29. The Hall–Kier alpha value is -2.87. The van der Waals surface area contributed by atoms with Gasteiger partial charge in [0.25, 0.3) is 0 Å². The van der Waals surface area contributed by atoms with E-state index in [1.807, 2.05) is 48.2 Å². The predicted octanol–water partition coefficient (Wildman–Crippen LogP) is 3.17. The van der Waals surface area contributed by atoms with Crippen LogP contribution >= 0.6 is 0 Å². The van der Waals surface area contributed by atoms with Crippen LogP contribution in [0.5, 0.6) is 0 Å². The molecule has 0 spiro atoms. The van der Waals surface area contributed by atoms with Crippen LogP contribution in [0.4, 0.5) is 17.1 Å². The highest BCUT2D eigenvalue weighted by atomic mass is 32.2. The smallest absolute Gasteiger partial charge is 0.232 e. The Bertz CT molecular complexity index is 1240. The van der Waals surface area contributed by atoms with Gasteiger partial charge in [-0.2, -0.15) is 0 Å². The summed E-state index contributed by atoms with van der Waals surface area (Å²) in [6, 6.07) is 11.6. The van der Waals surface area contributed by atoms with Gasteiger partial charge in [-0.25, -0.2) is 8.42 Å². The molecule has 0 aromatic heterocycles. The van der Waals surface area contributed by atoms with E-state index < -0.39 is 10.0 Å². The molecule has 2 aromatic carbocycles. The Morgan fingerprint density at radius 3 is 2.25 bits per heavy atom. The maximum atomic E-state index is 13.0. The number of nitrogens with zero attached hydrogens (tertiary/aromatic N) is 3. The monoisotopic (exact) mass is 453 g/mol. The first-order valence-corrected chi connectivity index (χ1v) is 12.9. The van der Waals surface area contributed by atoms with Crippen molar-refractivity contribution < 1.29 is 18.0 Å². The zero-order valence-corrected chi connectivity index (χ0v) is 19.4. The van der Waals surface area contributed by atoms with E-state index >= 15 is 0 Å². The van der Waals surface area contributed by atoms with Crippen molar-refractivity contribution in [3.05, 3.63) is 42.0 Å². The molecular weight excluding hydrogens is 426 g/mol. The van der Waals surface area contributed by atoms with Gasteiger partial charge in [-0.3, -0.25) is 13.9 Å². The number of carbonyl (C=O) groups excluding carboxylic acids is 2. The number of benzene rings is 2. The van der Waals surface area contributed by atoms with E-state index in [2.05, 4.69) is 0 Å². The van der Waals surface area contributed by atoms with Crippen LogP contribution in [0.2, 0.25) is 0 Å². The Balaban J connectivity index is 1.57. The van der Waals surface area contributed by atoms with E-state index in [9.17, 15) is 18.0 Å². The molecule has 0 bridgehead atoms. The minimum Gasteiger partial charge on any atom is -0.308 e. The van der Waals surface area contributed by atoms with Crippen molar-refractivity contribution in [1.82, 2.24) is 0 Å². The quantitative estimate of drug-likeness (QED) is 0.715. The molecule has 5 rings (SSSR count). The second-order valence-corrected chi connectivity index (χ2v) is 11.0. The van der Waals surface area contributed by atoms with Crippen molar-refractivity contribution in [2.24, 2.45) is 5.92 Å². The molecule has 3 aliphatic rings. The van der Waals surface area contributed by atoms with Gasteiger partial charge in [-0.05, 0) is 67.1 Å². The van der Waals surface area contributed by atoms with Crippen LogP contribution in [0.15, 0.2) is 36.4 Å². The third kappa shape index (κ3) is 3.46. The number of fused-ring (bicyclic) bond motifs is 2. The van der Waals surface area contributed by atoms with E-state index in [0.29, 0.717) is 19.5 Å². The molecule has 0 saturated heterocycles. The van der Waals surface area contributed by atoms with Crippen LogP contribution in [-0.2, 0) is 26.0 Å². The zero-order chi connectivity index (χ0) is 22.8. The molecule has 2 heterocycles. The number of hydrogen-bond acceptors (Lipinski definition) is 4. The minimum absolute atomic E-state index is 0.0385. The lowest BCUT2D eigenvalue weighted by Gasteiger charge is -2.41. The molecule has 2 aromatic rings. The molecule has 1 unspecified atom stereocenters. The molecule has 32 heavy (non-hydrogen) atoms. The van der Waals surface area contributed by atoms with Crippen LogP contribution in [0.3, 0.4) is 0 Å². The van der Waals surface area contributed by atoms with Gasteiger partial charge in [0.15, 0.2) is 0 Å². The second-order valence-electron chi connectivity index (χ2n) is 9.09. The summed E-state index contributed by atoms with van der Waals surface area (Å²) < 4.78 is 25.5. The molecule has 1 saturated carbocycles. The Kier molecular flexibility index (Phi) is 4.81. The van der Waals surface area contributed by atoms with Gasteiger partial charge in [-0.1, -0.05) is 12.1 Å². The minimum atomic E-state index is -3.29. The first-order chi connectivity index (χ1) is 15.1. The van der Waals surface area contributed by atoms with E-state index in [1.54, 1.807) is 11.8 Å². The lowest BCUT2D eigenvalue weighted by molar-refractivity contribution is -0.120. The molecule has 2 amide bonds. The lowest BCUT2D eigenvalue weighted by atomic mass is 9.98. The summed E-state index contributed by atoms with van der Waals surface area (Å²) in [4.78, 5) is 29.0. The molecule has 168 valence electrons. The maximum Gasteiger partial charge on any atom is 0.232 e. The van der Waals surface area contributed by atoms with Crippen molar-refractivity contribution in [2.45, 2.75) is 39.2 Å². The van der Waals surface area contributed by atoms with E-state index in [0.717, 1.165) is 46.6 Å². The van der Waals surface area contributed by atoms with E-state index in [4.69, 9.17) is 0 Å². The molecular formula is C24H27N3O4S. The van der Waals surface area contributed by atoms with Gasteiger partial charge in [0.05, 0.1) is 29.4 Å². The summed E-state index contributed by atoms with van der Waals surface area (Å²) in [6.45, 7) is 4.47. The summed E-state index contributed by atoms with van der Waals surface area (Å²) >= 11 is 0. The number of sulfonamides is 1. The summed E-state index contributed by atoms with van der Waals surface area (Å²) in [5.41, 5.74) is 5.17. The molecule has 1 aliphatic carbocycles. The van der Waals surface area contributed by atoms with Gasteiger partial charge in [-0.15, -0.1) is 0 Å². The zero-order valence-electron chi connectivity index (χ0n) is 18.5.